The molecule has 2 rings (SSSR count). The van der Waals surface area contributed by atoms with E-state index in [1.807, 2.05) is 13.8 Å². The number of carbonyl (C=O) groups excluding carboxylic acids is 1. The van der Waals surface area contributed by atoms with Gasteiger partial charge in [0.15, 0.2) is 6.61 Å². The van der Waals surface area contributed by atoms with E-state index in [1.54, 1.807) is 53.4 Å². The molecule has 0 saturated heterocycles. The van der Waals surface area contributed by atoms with Crippen molar-refractivity contribution in [3.63, 3.8) is 0 Å². The Morgan fingerprint density at radius 1 is 1.04 bits per heavy atom. The van der Waals surface area contributed by atoms with E-state index in [-0.39, 0.29) is 30.1 Å². The van der Waals surface area contributed by atoms with Crippen LogP contribution in [0, 0.1) is 0 Å². The second-order valence-corrected chi connectivity index (χ2v) is 8.73. The molecule has 0 aliphatic heterocycles. The maximum atomic E-state index is 12.6. The van der Waals surface area contributed by atoms with Gasteiger partial charge in [-0.05, 0) is 62.7 Å². The molecule has 0 saturated carbocycles. The Bertz CT molecular complexity index is 880. The molecule has 0 aromatic heterocycles. The molecule has 8 heteroatoms. The lowest BCUT2D eigenvalue weighted by Gasteiger charge is -2.27. The van der Waals surface area contributed by atoms with Crippen LogP contribution in [0.5, 0.6) is 11.5 Å². The van der Waals surface area contributed by atoms with Gasteiger partial charge in [-0.25, -0.2) is 0 Å². The van der Waals surface area contributed by atoms with E-state index in [0.29, 0.717) is 17.3 Å². The molecule has 2 aromatic carbocycles. The van der Waals surface area contributed by atoms with E-state index in [4.69, 9.17) is 20.5 Å². The van der Waals surface area contributed by atoms with Crippen LogP contribution in [-0.2, 0) is 21.5 Å². The zero-order valence-electron chi connectivity index (χ0n) is 16.1. The summed E-state index contributed by atoms with van der Waals surface area (Å²) in [5.74, 6) is 0.566. The highest BCUT2D eigenvalue weighted by Gasteiger charge is 2.18. The third-order valence-corrected chi connectivity index (χ3v) is 5.38. The number of hydrogen-bond acceptors (Lipinski definition) is 5. The van der Waals surface area contributed by atoms with Crippen LogP contribution in [-0.4, -0.2) is 37.6 Å². The minimum absolute atomic E-state index is 0.0299. The first-order chi connectivity index (χ1) is 13.2. The molecule has 152 valence electrons. The monoisotopic (exact) mass is 425 g/mol. The van der Waals surface area contributed by atoms with Gasteiger partial charge in [0.25, 0.3) is 5.91 Å². The maximum absolute atomic E-state index is 12.6. The van der Waals surface area contributed by atoms with Crippen LogP contribution in [0.25, 0.3) is 0 Å². The zero-order chi connectivity index (χ0) is 20.7. The van der Waals surface area contributed by atoms with Crippen LogP contribution in [0.2, 0.25) is 5.02 Å². The Morgan fingerprint density at radius 3 is 2.14 bits per heavy atom. The van der Waals surface area contributed by atoms with E-state index < -0.39 is 10.1 Å². The van der Waals surface area contributed by atoms with Gasteiger partial charge in [0.05, 0.1) is 5.75 Å². The van der Waals surface area contributed by atoms with E-state index in [1.165, 1.54) is 6.92 Å². The number of rotatable bonds is 9. The van der Waals surface area contributed by atoms with E-state index in [9.17, 15) is 13.2 Å². The highest BCUT2D eigenvalue weighted by molar-refractivity contribution is 7.87. The Balaban J connectivity index is 1.99. The van der Waals surface area contributed by atoms with Crippen molar-refractivity contribution in [1.29, 1.82) is 0 Å². The molecule has 0 unspecified atom stereocenters. The summed E-state index contributed by atoms with van der Waals surface area (Å²) in [4.78, 5) is 14.3. The molecule has 0 N–H and O–H groups in total. The maximum Gasteiger partial charge on any atom is 0.308 e. The largest absolute Gasteiger partial charge is 0.484 e. The Kier molecular flexibility index (Phi) is 7.71. The van der Waals surface area contributed by atoms with Gasteiger partial charge in [-0.15, -0.1) is 0 Å². The lowest BCUT2D eigenvalue weighted by Crippen LogP contribution is -2.39. The van der Waals surface area contributed by atoms with Crippen LogP contribution in [0.1, 0.15) is 26.3 Å². The minimum Gasteiger partial charge on any atom is -0.484 e. The number of ether oxygens (including phenoxy) is 1. The number of nitrogens with zero attached hydrogens (tertiary/aromatic N) is 1. The van der Waals surface area contributed by atoms with Crippen LogP contribution in [0.4, 0.5) is 0 Å². The molecule has 0 fully saturated rings. The lowest BCUT2D eigenvalue weighted by molar-refractivity contribution is -0.135. The van der Waals surface area contributed by atoms with Gasteiger partial charge >= 0.3 is 10.1 Å². The predicted octanol–water partition coefficient (Wildman–Crippen LogP) is 3.88. The fourth-order valence-electron chi connectivity index (χ4n) is 2.37. The molecule has 1 amide bonds. The number of amides is 1. The lowest BCUT2D eigenvalue weighted by atomic mass is 10.2. The van der Waals surface area contributed by atoms with Gasteiger partial charge in [0, 0.05) is 17.6 Å². The smallest absolute Gasteiger partial charge is 0.308 e. The van der Waals surface area contributed by atoms with E-state index >= 15 is 0 Å². The highest BCUT2D eigenvalue weighted by Crippen LogP contribution is 2.18. The molecule has 0 aliphatic rings. The summed E-state index contributed by atoms with van der Waals surface area (Å²) in [7, 11) is -3.56. The normalized spacial score (nSPS) is 11.3. The molecule has 0 aliphatic carbocycles. The van der Waals surface area contributed by atoms with Crippen LogP contribution in [0.15, 0.2) is 48.5 Å². The summed E-state index contributed by atoms with van der Waals surface area (Å²) in [6.45, 7) is 5.65. The fourth-order valence-corrected chi connectivity index (χ4v) is 3.02. The van der Waals surface area contributed by atoms with Crippen molar-refractivity contribution in [2.24, 2.45) is 0 Å². The summed E-state index contributed by atoms with van der Waals surface area (Å²) in [5, 5.41) is 0.599. The Morgan fingerprint density at radius 2 is 1.61 bits per heavy atom. The molecule has 0 spiro atoms. The molecule has 0 radical (unpaired) electrons. The Labute approximate surface area is 171 Å². The first-order valence-electron chi connectivity index (χ1n) is 8.89. The molecule has 0 heterocycles. The molecule has 2 aromatic rings. The number of carbonyl (C=O) groups is 1. The van der Waals surface area contributed by atoms with Gasteiger partial charge < -0.3 is 13.8 Å². The standard InChI is InChI=1S/C20H24ClNO5S/c1-4-28(24,25)27-19-9-5-16(6-10-19)13-22(15(2)3)20(23)14-26-18-11-7-17(21)8-12-18/h5-12,15H,4,13-14H2,1-3H3. The number of benzene rings is 2. The van der Waals surface area contributed by atoms with Gasteiger partial charge in [0.1, 0.15) is 11.5 Å². The minimum atomic E-state index is -3.56. The summed E-state index contributed by atoms with van der Waals surface area (Å²) in [5.41, 5.74) is 0.856. The average molecular weight is 426 g/mol. The van der Waals surface area contributed by atoms with Crippen LogP contribution in [0.3, 0.4) is 0 Å². The summed E-state index contributed by atoms with van der Waals surface area (Å²) in [6.07, 6.45) is 0. The average Bonchev–Trinajstić information content (AvgIpc) is 2.66. The third-order valence-electron chi connectivity index (χ3n) is 3.97. The molecular weight excluding hydrogens is 402 g/mol. The van der Waals surface area contributed by atoms with Crippen LogP contribution < -0.4 is 8.92 Å². The second kappa shape index (κ2) is 9.80. The van der Waals surface area contributed by atoms with Crippen molar-refractivity contribution < 1.29 is 22.1 Å². The van der Waals surface area contributed by atoms with Gasteiger partial charge in [-0.2, -0.15) is 8.42 Å². The second-order valence-electron chi connectivity index (χ2n) is 6.43. The van der Waals surface area contributed by atoms with E-state index in [0.717, 1.165) is 5.56 Å². The molecule has 28 heavy (non-hydrogen) atoms. The predicted molar refractivity (Wildman–Crippen MR) is 109 cm³/mol. The number of halogens is 1. The SMILES string of the molecule is CCS(=O)(=O)Oc1ccc(CN(C(=O)COc2ccc(Cl)cc2)C(C)C)cc1. The first kappa shape index (κ1) is 22.0. The van der Waals surface area contributed by atoms with Crippen LogP contribution >= 0.6 is 11.6 Å². The summed E-state index contributed by atoms with van der Waals surface area (Å²) in [6, 6.07) is 13.4. The summed E-state index contributed by atoms with van der Waals surface area (Å²) >= 11 is 5.84. The fraction of sp³-hybridized carbons (Fsp3) is 0.350. The molecular formula is C20H24ClNO5S. The van der Waals surface area contributed by atoms with Gasteiger partial charge in [-0.1, -0.05) is 23.7 Å². The van der Waals surface area contributed by atoms with Crippen molar-refractivity contribution in [3.8, 4) is 11.5 Å². The van der Waals surface area contributed by atoms with Crippen molar-refractivity contribution in [2.45, 2.75) is 33.4 Å². The van der Waals surface area contributed by atoms with Crippen molar-refractivity contribution in [2.75, 3.05) is 12.4 Å². The summed E-state index contributed by atoms with van der Waals surface area (Å²) < 4.78 is 33.5. The first-order valence-corrected chi connectivity index (χ1v) is 10.8. The zero-order valence-corrected chi connectivity index (χ0v) is 17.7. The highest BCUT2D eigenvalue weighted by atomic mass is 35.5. The molecule has 0 bridgehead atoms. The van der Waals surface area contributed by atoms with E-state index in [2.05, 4.69) is 0 Å². The molecule has 0 atom stereocenters. The quantitative estimate of drug-likeness (QED) is 0.570. The van der Waals surface area contributed by atoms with Crippen molar-refractivity contribution >= 4 is 27.6 Å². The molecule has 6 nitrogen and oxygen atoms in total. The van der Waals surface area contributed by atoms with Crippen molar-refractivity contribution in [3.05, 3.63) is 59.1 Å². The third kappa shape index (κ3) is 6.73. The Hall–Kier alpha value is -2.25. The number of hydrogen-bond donors (Lipinski definition) is 0. The van der Waals surface area contributed by atoms with Gasteiger partial charge in [0.2, 0.25) is 0 Å². The van der Waals surface area contributed by atoms with Crippen molar-refractivity contribution in [1.82, 2.24) is 4.90 Å². The topological polar surface area (TPSA) is 72.9 Å². The van der Waals surface area contributed by atoms with Gasteiger partial charge in [-0.3, -0.25) is 4.79 Å².